The monoisotopic (exact) mass is 224 g/mol. The fourth-order valence-corrected chi connectivity index (χ4v) is 1.77. The molecule has 3 nitrogen and oxygen atoms in total. The molecule has 0 amide bonds. The predicted molar refractivity (Wildman–Crippen MR) is 62.5 cm³/mol. The molecule has 0 radical (unpaired) electrons. The van der Waals surface area contributed by atoms with E-state index in [-0.39, 0.29) is 0 Å². The Balaban J connectivity index is 2.48. The van der Waals surface area contributed by atoms with Crippen LogP contribution in [-0.2, 0) is 7.05 Å². The smallest absolute Gasteiger partial charge is 0.144 e. The maximum absolute atomic E-state index is 5.93. The first-order valence-electron chi connectivity index (χ1n) is 4.80. The van der Waals surface area contributed by atoms with E-state index in [4.69, 9.17) is 22.1 Å². The van der Waals surface area contributed by atoms with Crippen molar-refractivity contribution in [1.29, 1.82) is 0 Å². The van der Waals surface area contributed by atoms with Crippen LogP contribution < -0.4 is 10.5 Å². The lowest BCUT2D eigenvalue weighted by Gasteiger charge is -2.01. The molecule has 0 unspecified atom stereocenters. The highest BCUT2D eigenvalue weighted by Gasteiger charge is 2.07. The number of nitrogens with zero attached hydrogens (tertiary/aromatic N) is 1. The fraction of sp³-hybridized carbons (Fsp3) is 0.273. The number of hydrogen-bond acceptors (Lipinski definition) is 2. The Bertz CT molecular complexity index is 479. The van der Waals surface area contributed by atoms with E-state index in [9.17, 15) is 0 Å². The van der Waals surface area contributed by atoms with Crippen molar-refractivity contribution in [3.63, 3.8) is 0 Å². The molecule has 0 aliphatic heterocycles. The van der Waals surface area contributed by atoms with Crippen molar-refractivity contribution in [1.82, 2.24) is 4.57 Å². The Labute approximate surface area is 93.4 Å². The van der Waals surface area contributed by atoms with Gasteiger partial charge in [-0.05, 0) is 18.2 Å². The minimum absolute atomic E-state index is 0.518. The summed E-state index contributed by atoms with van der Waals surface area (Å²) in [6.07, 6.45) is 1.94. The van der Waals surface area contributed by atoms with Crippen molar-refractivity contribution in [3.8, 4) is 5.75 Å². The normalized spacial score (nSPS) is 10.9. The average molecular weight is 225 g/mol. The maximum Gasteiger partial charge on any atom is 0.144 e. The van der Waals surface area contributed by atoms with Crippen LogP contribution in [-0.4, -0.2) is 17.7 Å². The van der Waals surface area contributed by atoms with Crippen LogP contribution in [0.3, 0.4) is 0 Å². The van der Waals surface area contributed by atoms with Crippen molar-refractivity contribution >= 4 is 22.5 Å². The molecule has 80 valence electrons. The van der Waals surface area contributed by atoms with E-state index in [0.29, 0.717) is 13.2 Å². The van der Waals surface area contributed by atoms with Crippen LogP contribution in [0.2, 0.25) is 5.02 Å². The number of halogens is 1. The number of ether oxygens (including phenoxy) is 1. The Morgan fingerprint density at radius 2 is 2.27 bits per heavy atom. The summed E-state index contributed by atoms with van der Waals surface area (Å²) in [5, 5.41) is 1.80. The second-order valence-electron chi connectivity index (χ2n) is 3.40. The quantitative estimate of drug-likeness (QED) is 0.868. The van der Waals surface area contributed by atoms with Crippen LogP contribution in [0, 0.1) is 0 Å². The molecular formula is C11H13ClN2O. The summed E-state index contributed by atoms with van der Waals surface area (Å²) in [6.45, 7) is 1.05. The van der Waals surface area contributed by atoms with E-state index in [1.54, 1.807) is 0 Å². The molecule has 1 heterocycles. The van der Waals surface area contributed by atoms with Crippen LogP contribution in [0.1, 0.15) is 0 Å². The highest BCUT2D eigenvalue weighted by molar-refractivity contribution is 6.31. The van der Waals surface area contributed by atoms with Gasteiger partial charge >= 0.3 is 0 Å². The Hall–Kier alpha value is -1.19. The molecular weight excluding hydrogens is 212 g/mol. The molecule has 0 spiro atoms. The molecule has 0 atom stereocenters. The summed E-state index contributed by atoms with van der Waals surface area (Å²) in [7, 11) is 1.97. The zero-order valence-electron chi connectivity index (χ0n) is 8.53. The third kappa shape index (κ3) is 1.94. The van der Waals surface area contributed by atoms with Crippen LogP contribution in [0.4, 0.5) is 0 Å². The third-order valence-corrected chi connectivity index (χ3v) is 2.53. The third-order valence-electron chi connectivity index (χ3n) is 2.29. The molecule has 0 aliphatic rings. The second kappa shape index (κ2) is 4.13. The van der Waals surface area contributed by atoms with E-state index in [2.05, 4.69) is 0 Å². The number of benzene rings is 1. The van der Waals surface area contributed by atoms with Crippen molar-refractivity contribution in [2.45, 2.75) is 0 Å². The molecule has 2 rings (SSSR count). The van der Waals surface area contributed by atoms with Gasteiger partial charge in [-0.25, -0.2) is 0 Å². The minimum atomic E-state index is 0.518. The second-order valence-corrected chi connectivity index (χ2v) is 3.84. The molecule has 1 aromatic heterocycles. The van der Waals surface area contributed by atoms with E-state index >= 15 is 0 Å². The number of rotatable bonds is 3. The maximum atomic E-state index is 5.93. The Kier molecular flexibility index (Phi) is 2.84. The van der Waals surface area contributed by atoms with Gasteiger partial charge in [-0.3, -0.25) is 0 Å². The topological polar surface area (TPSA) is 40.2 Å². The number of nitrogens with two attached hydrogens (primary N) is 1. The van der Waals surface area contributed by atoms with Crippen molar-refractivity contribution in [2.24, 2.45) is 12.8 Å². The largest absolute Gasteiger partial charge is 0.490 e. The lowest BCUT2D eigenvalue weighted by Crippen LogP contribution is -2.10. The summed E-state index contributed by atoms with van der Waals surface area (Å²) in [5.41, 5.74) is 6.46. The summed E-state index contributed by atoms with van der Waals surface area (Å²) < 4.78 is 7.53. The molecule has 2 N–H and O–H groups in total. The van der Waals surface area contributed by atoms with Gasteiger partial charge in [0.2, 0.25) is 0 Å². The first-order valence-corrected chi connectivity index (χ1v) is 5.17. The molecule has 0 aliphatic carbocycles. The van der Waals surface area contributed by atoms with E-state index in [1.807, 2.05) is 36.0 Å². The number of aromatic nitrogens is 1. The molecule has 4 heteroatoms. The molecule has 2 aromatic rings. The zero-order valence-corrected chi connectivity index (χ0v) is 9.29. The Morgan fingerprint density at radius 1 is 1.47 bits per heavy atom. The first kappa shape index (κ1) is 10.3. The minimum Gasteiger partial charge on any atom is -0.490 e. The molecule has 0 bridgehead atoms. The Morgan fingerprint density at radius 3 is 3.00 bits per heavy atom. The standard InChI is InChI=1S/C11H13ClN2O/c1-14-7-11(15-5-4-13)9-3-2-8(12)6-10(9)14/h2-3,6-7H,4-5,13H2,1H3. The van der Waals surface area contributed by atoms with Gasteiger partial charge in [0.1, 0.15) is 12.4 Å². The summed E-state index contributed by atoms with van der Waals surface area (Å²) in [6, 6.07) is 5.74. The van der Waals surface area contributed by atoms with E-state index < -0.39 is 0 Å². The van der Waals surface area contributed by atoms with Gasteiger partial charge in [-0.1, -0.05) is 11.6 Å². The van der Waals surface area contributed by atoms with E-state index in [1.165, 1.54) is 0 Å². The van der Waals surface area contributed by atoms with Crippen LogP contribution in [0.25, 0.3) is 10.9 Å². The van der Waals surface area contributed by atoms with Gasteiger partial charge in [0.25, 0.3) is 0 Å². The lowest BCUT2D eigenvalue weighted by atomic mass is 10.2. The van der Waals surface area contributed by atoms with Crippen molar-refractivity contribution in [2.75, 3.05) is 13.2 Å². The van der Waals surface area contributed by atoms with Crippen LogP contribution in [0.15, 0.2) is 24.4 Å². The fourth-order valence-electron chi connectivity index (χ4n) is 1.60. The lowest BCUT2D eigenvalue weighted by molar-refractivity contribution is 0.331. The average Bonchev–Trinajstić information content (AvgIpc) is 2.53. The summed E-state index contributed by atoms with van der Waals surface area (Å²) in [5.74, 6) is 0.856. The van der Waals surface area contributed by atoms with Gasteiger partial charge < -0.3 is 15.0 Å². The zero-order chi connectivity index (χ0) is 10.8. The van der Waals surface area contributed by atoms with Crippen LogP contribution in [0.5, 0.6) is 5.75 Å². The highest BCUT2D eigenvalue weighted by atomic mass is 35.5. The number of hydrogen-bond donors (Lipinski definition) is 1. The number of aryl methyl sites for hydroxylation is 1. The van der Waals surface area contributed by atoms with Gasteiger partial charge in [0.15, 0.2) is 0 Å². The first-order chi connectivity index (χ1) is 7.22. The number of fused-ring (bicyclic) bond motifs is 1. The molecule has 15 heavy (non-hydrogen) atoms. The SMILES string of the molecule is Cn1cc(OCCN)c2ccc(Cl)cc21. The van der Waals surface area contributed by atoms with Gasteiger partial charge in [0.05, 0.1) is 5.52 Å². The van der Waals surface area contributed by atoms with Crippen molar-refractivity contribution < 1.29 is 4.74 Å². The predicted octanol–water partition coefficient (Wildman–Crippen LogP) is 2.17. The molecule has 1 aromatic carbocycles. The molecule has 0 fully saturated rings. The van der Waals surface area contributed by atoms with Gasteiger partial charge in [-0.2, -0.15) is 0 Å². The van der Waals surface area contributed by atoms with Gasteiger partial charge in [0, 0.05) is 30.2 Å². The van der Waals surface area contributed by atoms with E-state index in [0.717, 1.165) is 21.7 Å². The summed E-state index contributed by atoms with van der Waals surface area (Å²) >= 11 is 5.93. The molecule has 0 saturated heterocycles. The van der Waals surface area contributed by atoms with Crippen LogP contribution >= 0.6 is 11.6 Å². The van der Waals surface area contributed by atoms with Gasteiger partial charge in [-0.15, -0.1) is 0 Å². The highest BCUT2D eigenvalue weighted by Crippen LogP contribution is 2.29. The van der Waals surface area contributed by atoms with Crippen molar-refractivity contribution in [3.05, 3.63) is 29.4 Å². The molecule has 0 saturated carbocycles. The summed E-state index contributed by atoms with van der Waals surface area (Å²) in [4.78, 5) is 0.